The van der Waals surface area contributed by atoms with Crippen LogP contribution in [-0.4, -0.2) is 25.6 Å². The van der Waals surface area contributed by atoms with Crippen LogP contribution in [0.1, 0.15) is 31.7 Å². The molecule has 0 radical (unpaired) electrons. The predicted octanol–water partition coefficient (Wildman–Crippen LogP) is 2.35. The molecule has 0 saturated heterocycles. The first-order chi connectivity index (χ1) is 8.65. The third-order valence-electron chi connectivity index (χ3n) is 3.56. The van der Waals surface area contributed by atoms with Gasteiger partial charge in [0.25, 0.3) is 0 Å². The van der Waals surface area contributed by atoms with Crippen molar-refractivity contribution in [1.29, 1.82) is 0 Å². The van der Waals surface area contributed by atoms with Gasteiger partial charge in [-0.15, -0.1) is 24.8 Å². The van der Waals surface area contributed by atoms with E-state index >= 15 is 0 Å². The Morgan fingerprint density at radius 3 is 2.45 bits per heavy atom. The van der Waals surface area contributed by atoms with E-state index in [9.17, 15) is 0 Å². The minimum atomic E-state index is 0. The molecule has 2 heterocycles. The van der Waals surface area contributed by atoms with Crippen molar-refractivity contribution in [3.8, 4) is 0 Å². The first-order valence-corrected chi connectivity index (χ1v) is 6.44. The van der Waals surface area contributed by atoms with E-state index in [0.29, 0.717) is 29.1 Å². The maximum Gasteiger partial charge on any atom is 0.226 e. The summed E-state index contributed by atoms with van der Waals surface area (Å²) >= 11 is 5.85. The van der Waals surface area contributed by atoms with Gasteiger partial charge in [-0.2, -0.15) is 9.97 Å². The highest BCUT2D eigenvalue weighted by Crippen LogP contribution is 2.30. The standard InChI is InChI=1S/C11H15ClN6.2ClH/c12-11-16-9(14)8-10(17-11)18(5-15-8)7-3-1-6(13)2-4-7;;/h5-7H,1-4,13H2,(H2,14,16,17);2*1H/t6-,7+;;. The van der Waals surface area contributed by atoms with Gasteiger partial charge in [0.1, 0.15) is 5.52 Å². The van der Waals surface area contributed by atoms with Crippen molar-refractivity contribution in [3.05, 3.63) is 11.6 Å². The van der Waals surface area contributed by atoms with Crippen LogP contribution in [-0.2, 0) is 0 Å². The van der Waals surface area contributed by atoms with Gasteiger partial charge in [-0.3, -0.25) is 0 Å². The van der Waals surface area contributed by atoms with Gasteiger partial charge in [-0.25, -0.2) is 4.98 Å². The Morgan fingerprint density at radius 2 is 1.80 bits per heavy atom. The van der Waals surface area contributed by atoms with Gasteiger partial charge in [0.15, 0.2) is 11.5 Å². The minimum absolute atomic E-state index is 0. The summed E-state index contributed by atoms with van der Waals surface area (Å²) in [6, 6.07) is 0.694. The zero-order valence-electron chi connectivity index (χ0n) is 10.7. The maximum atomic E-state index is 5.92. The van der Waals surface area contributed by atoms with Gasteiger partial charge in [0.05, 0.1) is 6.33 Å². The van der Waals surface area contributed by atoms with Crippen LogP contribution in [0.3, 0.4) is 0 Å². The quantitative estimate of drug-likeness (QED) is 0.777. The molecule has 1 aliphatic carbocycles. The molecule has 0 aromatic carbocycles. The molecule has 1 aliphatic rings. The predicted molar refractivity (Wildman–Crippen MR) is 84.7 cm³/mol. The monoisotopic (exact) mass is 338 g/mol. The van der Waals surface area contributed by atoms with Crippen molar-refractivity contribution in [3.63, 3.8) is 0 Å². The van der Waals surface area contributed by atoms with Crippen LogP contribution < -0.4 is 11.5 Å². The fraction of sp³-hybridized carbons (Fsp3) is 0.545. The Balaban J connectivity index is 0.000001000. The Labute approximate surface area is 134 Å². The number of anilines is 1. The molecule has 20 heavy (non-hydrogen) atoms. The number of rotatable bonds is 1. The normalized spacial score (nSPS) is 22.1. The van der Waals surface area contributed by atoms with Crippen LogP contribution in [0.2, 0.25) is 5.28 Å². The van der Waals surface area contributed by atoms with E-state index in [1.165, 1.54) is 0 Å². The Kier molecular flexibility index (Phi) is 5.82. The first-order valence-electron chi connectivity index (χ1n) is 6.06. The number of fused-ring (bicyclic) bond motifs is 1. The van der Waals surface area contributed by atoms with Crippen molar-refractivity contribution in [1.82, 2.24) is 19.5 Å². The fourth-order valence-electron chi connectivity index (χ4n) is 2.56. The van der Waals surface area contributed by atoms with Gasteiger partial charge in [-0.05, 0) is 37.3 Å². The van der Waals surface area contributed by atoms with Gasteiger partial charge >= 0.3 is 0 Å². The highest BCUT2D eigenvalue weighted by atomic mass is 35.5. The number of aromatic nitrogens is 4. The Morgan fingerprint density at radius 1 is 1.15 bits per heavy atom. The molecule has 0 aliphatic heterocycles. The van der Waals surface area contributed by atoms with Crippen molar-refractivity contribution >= 4 is 53.4 Å². The molecule has 0 spiro atoms. The van der Waals surface area contributed by atoms with Crippen LogP contribution in [0.15, 0.2) is 6.33 Å². The summed E-state index contributed by atoms with van der Waals surface area (Å²) in [5.74, 6) is 0.330. The molecule has 0 bridgehead atoms. The zero-order chi connectivity index (χ0) is 12.7. The summed E-state index contributed by atoms with van der Waals surface area (Å²) < 4.78 is 2.05. The number of halogens is 3. The molecular formula is C11H17Cl3N6. The average molecular weight is 340 g/mol. The van der Waals surface area contributed by atoms with E-state index in [4.69, 9.17) is 23.1 Å². The second-order valence-corrected chi connectivity index (χ2v) is 5.11. The molecule has 9 heteroatoms. The van der Waals surface area contributed by atoms with E-state index in [1.54, 1.807) is 6.33 Å². The van der Waals surface area contributed by atoms with E-state index in [0.717, 1.165) is 25.7 Å². The number of hydrogen-bond donors (Lipinski definition) is 2. The largest absolute Gasteiger partial charge is 0.382 e. The highest BCUT2D eigenvalue weighted by molar-refractivity contribution is 6.28. The summed E-state index contributed by atoms with van der Waals surface area (Å²) in [6.45, 7) is 0. The molecule has 0 amide bonds. The maximum absolute atomic E-state index is 5.92. The lowest BCUT2D eigenvalue weighted by Gasteiger charge is -2.27. The lowest BCUT2D eigenvalue weighted by Crippen LogP contribution is -2.27. The van der Waals surface area contributed by atoms with Gasteiger partial charge in [0.2, 0.25) is 5.28 Å². The SMILES string of the molecule is Cl.Cl.Nc1nc(Cl)nc2c1ncn2[C@H]1CC[C@@H](N)CC1. The molecule has 3 rings (SSSR count). The summed E-state index contributed by atoms with van der Waals surface area (Å²) in [6.07, 6.45) is 5.90. The van der Waals surface area contributed by atoms with Crippen LogP contribution >= 0.6 is 36.4 Å². The zero-order valence-corrected chi connectivity index (χ0v) is 13.1. The lowest BCUT2D eigenvalue weighted by molar-refractivity contribution is 0.328. The number of nitrogen functional groups attached to an aromatic ring is 1. The summed E-state index contributed by atoms with van der Waals surface area (Å²) in [4.78, 5) is 12.4. The molecule has 6 nitrogen and oxygen atoms in total. The van der Waals surface area contributed by atoms with Crippen molar-refractivity contribution in [2.24, 2.45) is 5.73 Å². The topological polar surface area (TPSA) is 95.6 Å². The van der Waals surface area contributed by atoms with Crippen molar-refractivity contribution < 1.29 is 0 Å². The van der Waals surface area contributed by atoms with E-state index < -0.39 is 0 Å². The molecule has 0 atom stereocenters. The fourth-order valence-corrected chi connectivity index (χ4v) is 2.73. The Hall–Kier alpha value is -0.820. The van der Waals surface area contributed by atoms with Crippen LogP contribution in [0.5, 0.6) is 0 Å². The number of nitrogens with zero attached hydrogens (tertiary/aromatic N) is 4. The number of hydrogen-bond acceptors (Lipinski definition) is 5. The summed E-state index contributed by atoms with van der Waals surface area (Å²) in [7, 11) is 0. The minimum Gasteiger partial charge on any atom is -0.382 e. The van der Waals surface area contributed by atoms with Crippen LogP contribution in [0.4, 0.5) is 5.82 Å². The van der Waals surface area contributed by atoms with Crippen molar-refractivity contribution in [2.75, 3.05) is 5.73 Å². The molecule has 112 valence electrons. The second kappa shape index (κ2) is 6.76. The Bertz CT molecular complexity index is 579. The smallest absolute Gasteiger partial charge is 0.226 e. The first kappa shape index (κ1) is 17.2. The highest BCUT2D eigenvalue weighted by Gasteiger charge is 2.22. The van der Waals surface area contributed by atoms with E-state index in [2.05, 4.69) is 15.0 Å². The molecule has 1 fully saturated rings. The third kappa shape index (κ3) is 3.09. The van der Waals surface area contributed by atoms with E-state index in [-0.39, 0.29) is 30.1 Å². The summed E-state index contributed by atoms with van der Waals surface area (Å²) in [5, 5.41) is 0.161. The molecule has 2 aromatic heterocycles. The summed E-state index contributed by atoms with van der Waals surface area (Å²) in [5.41, 5.74) is 13.0. The molecule has 0 unspecified atom stereocenters. The molecule has 4 N–H and O–H groups in total. The van der Waals surface area contributed by atoms with Crippen LogP contribution in [0.25, 0.3) is 11.2 Å². The van der Waals surface area contributed by atoms with Gasteiger partial charge in [-0.1, -0.05) is 0 Å². The third-order valence-corrected chi connectivity index (χ3v) is 3.72. The molecule has 2 aromatic rings. The number of nitrogens with two attached hydrogens (primary N) is 2. The van der Waals surface area contributed by atoms with Gasteiger partial charge in [0, 0.05) is 12.1 Å². The second-order valence-electron chi connectivity index (χ2n) is 4.77. The lowest BCUT2D eigenvalue weighted by atomic mass is 9.92. The molecular weight excluding hydrogens is 323 g/mol. The van der Waals surface area contributed by atoms with Crippen molar-refractivity contribution in [2.45, 2.75) is 37.8 Å². The van der Waals surface area contributed by atoms with Crippen LogP contribution in [0, 0.1) is 0 Å². The average Bonchev–Trinajstić information content (AvgIpc) is 2.74. The molecule has 1 saturated carbocycles. The van der Waals surface area contributed by atoms with E-state index in [1.807, 2.05) is 4.57 Å². The number of imidazole rings is 1. The van der Waals surface area contributed by atoms with Gasteiger partial charge < -0.3 is 16.0 Å².